The van der Waals surface area contributed by atoms with Crippen LogP contribution in [0.25, 0.3) is 10.9 Å². The largest absolute Gasteiger partial charge is 0.361 e. The summed E-state index contributed by atoms with van der Waals surface area (Å²) in [4.78, 5) is 15.9. The van der Waals surface area contributed by atoms with Crippen LogP contribution in [0.2, 0.25) is 0 Å². The number of carbonyl (C=O) groups is 1. The number of fused-ring (bicyclic) bond motifs is 1. The molecule has 1 aromatic heterocycles. The van der Waals surface area contributed by atoms with E-state index < -0.39 is 6.03 Å². The third kappa shape index (κ3) is 1.72. The molecule has 0 radical (unpaired) electrons. The molecule has 5 nitrogen and oxygen atoms in total. The average molecular weight is 218 g/mol. The average Bonchev–Trinajstić information content (AvgIpc) is 2.73. The maximum Gasteiger partial charge on any atom is 0.319 e. The summed E-state index contributed by atoms with van der Waals surface area (Å²) in [6.07, 6.45) is 1.83. The van der Waals surface area contributed by atoms with Crippen LogP contribution in [0, 0.1) is 0 Å². The number of nitrogens with two attached hydrogens (primary N) is 2. The highest BCUT2D eigenvalue weighted by atomic mass is 16.2. The summed E-state index contributed by atoms with van der Waals surface area (Å²) in [6, 6.07) is 7.11. The maximum absolute atomic E-state index is 11.3. The van der Waals surface area contributed by atoms with Crippen LogP contribution in [0.1, 0.15) is 0 Å². The van der Waals surface area contributed by atoms with Crippen molar-refractivity contribution in [3.8, 4) is 0 Å². The molecule has 0 saturated carbocycles. The van der Waals surface area contributed by atoms with E-state index in [4.69, 9.17) is 11.5 Å². The highest BCUT2D eigenvalue weighted by molar-refractivity contribution is 6.01. The quantitative estimate of drug-likeness (QED) is 0.717. The molecule has 0 unspecified atom stereocenters. The summed E-state index contributed by atoms with van der Waals surface area (Å²) in [6.45, 7) is 0.795. The maximum atomic E-state index is 11.3. The summed E-state index contributed by atoms with van der Waals surface area (Å²) in [5.41, 5.74) is 12.6. The number of carbonyl (C=O) groups excluding carboxylic acids is 1. The van der Waals surface area contributed by atoms with Gasteiger partial charge in [0.15, 0.2) is 0 Å². The molecule has 2 rings (SSSR count). The predicted molar refractivity (Wildman–Crippen MR) is 64.3 cm³/mol. The fourth-order valence-corrected chi connectivity index (χ4v) is 1.78. The van der Waals surface area contributed by atoms with Crippen molar-refractivity contribution in [3.05, 3.63) is 30.5 Å². The molecule has 1 aromatic carbocycles. The molecular formula is C11H14N4O. The van der Waals surface area contributed by atoms with Crippen molar-refractivity contribution < 1.29 is 4.79 Å². The number of primary amides is 1. The number of aromatic nitrogens is 1. The summed E-state index contributed by atoms with van der Waals surface area (Å²) in [5.74, 6) is 0. The Balaban J connectivity index is 2.51. The summed E-state index contributed by atoms with van der Waals surface area (Å²) in [7, 11) is 0. The Labute approximate surface area is 93.0 Å². The van der Waals surface area contributed by atoms with Gasteiger partial charge >= 0.3 is 6.03 Å². The fraction of sp³-hybridized carbons (Fsp3) is 0.182. The molecule has 16 heavy (non-hydrogen) atoms. The van der Waals surface area contributed by atoms with Gasteiger partial charge in [0.25, 0.3) is 0 Å². The highest BCUT2D eigenvalue weighted by Crippen LogP contribution is 2.25. The summed E-state index contributed by atoms with van der Waals surface area (Å²) in [5, 5.41) is 0.967. The number of aromatic amines is 1. The number of urea groups is 1. The smallest absolute Gasteiger partial charge is 0.319 e. The van der Waals surface area contributed by atoms with Gasteiger partial charge in [-0.25, -0.2) is 4.79 Å². The lowest BCUT2D eigenvalue weighted by Crippen LogP contribution is -2.39. The number of hydrogen-bond donors (Lipinski definition) is 3. The number of nitrogens with zero attached hydrogens (tertiary/aromatic N) is 1. The van der Waals surface area contributed by atoms with E-state index in [1.54, 1.807) is 0 Å². The van der Waals surface area contributed by atoms with Crippen molar-refractivity contribution in [2.24, 2.45) is 11.5 Å². The Bertz CT molecular complexity index is 505. The van der Waals surface area contributed by atoms with Gasteiger partial charge in [-0.05, 0) is 18.2 Å². The number of H-pyrrole nitrogens is 1. The molecule has 2 aromatic rings. The normalized spacial score (nSPS) is 10.6. The van der Waals surface area contributed by atoms with E-state index in [1.807, 2.05) is 30.5 Å². The van der Waals surface area contributed by atoms with Crippen molar-refractivity contribution in [2.75, 3.05) is 18.0 Å². The van der Waals surface area contributed by atoms with Crippen LogP contribution < -0.4 is 16.4 Å². The van der Waals surface area contributed by atoms with E-state index in [2.05, 4.69) is 4.98 Å². The Morgan fingerprint density at radius 3 is 2.88 bits per heavy atom. The Morgan fingerprint density at radius 1 is 1.38 bits per heavy atom. The number of benzene rings is 1. The zero-order valence-corrected chi connectivity index (χ0v) is 8.81. The van der Waals surface area contributed by atoms with Gasteiger partial charge in [0.05, 0.1) is 5.69 Å². The molecule has 5 heteroatoms. The fourth-order valence-electron chi connectivity index (χ4n) is 1.78. The van der Waals surface area contributed by atoms with Gasteiger partial charge < -0.3 is 16.5 Å². The van der Waals surface area contributed by atoms with Crippen LogP contribution in [0.15, 0.2) is 30.5 Å². The number of hydrogen-bond acceptors (Lipinski definition) is 2. The van der Waals surface area contributed by atoms with Crippen molar-refractivity contribution in [1.29, 1.82) is 0 Å². The molecule has 0 fully saturated rings. The molecule has 2 amide bonds. The van der Waals surface area contributed by atoms with Gasteiger partial charge in [-0.2, -0.15) is 0 Å². The van der Waals surface area contributed by atoms with Crippen molar-refractivity contribution in [2.45, 2.75) is 0 Å². The molecule has 5 N–H and O–H groups in total. The van der Waals surface area contributed by atoms with Crippen LogP contribution in [-0.4, -0.2) is 24.1 Å². The van der Waals surface area contributed by atoms with Crippen LogP contribution in [0.4, 0.5) is 10.5 Å². The minimum atomic E-state index is -0.487. The van der Waals surface area contributed by atoms with E-state index in [1.165, 1.54) is 4.90 Å². The number of rotatable bonds is 3. The van der Waals surface area contributed by atoms with E-state index in [-0.39, 0.29) is 0 Å². The summed E-state index contributed by atoms with van der Waals surface area (Å²) >= 11 is 0. The second kappa shape index (κ2) is 4.24. The van der Waals surface area contributed by atoms with Gasteiger partial charge in [-0.15, -0.1) is 0 Å². The first kappa shape index (κ1) is 10.5. The van der Waals surface area contributed by atoms with E-state index >= 15 is 0 Å². The molecule has 0 bridgehead atoms. The highest BCUT2D eigenvalue weighted by Gasteiger charge is 2.14. The minimum absolute atomic E-state index is 0.379. The summed E-state index contributed by atoms with van der Waals surface area (Å²) < 4.78 is 0. The lowest BCUT2D eigenvalue weighted by molar-refractivity contribution is 0.254. The topological polar surface area (TPSA) is 88.1 Å². The third-order valence-corrected chi connectivity index (χ3v) is 2.48. The predicted octanol–water partition coefficient (Wildman–Crippen LogP) is 1.01. The molecular weight excluding hydrogens is 204 g/mol. The molecule has 0 aliphatic carbocycles. The first-order valence-electron chi connectivity index (χ1n) is 5.07. The van der Waals surface area contributed by atoms with Crippen LogP contribution in [0.5, 0.6) is 0 Å². The van der Waals surface area contributed by atoms with E-state index in [0.717, 1.165) is 16.6 Å². The Kier molecular flexibility index (Phi) is 2.78. The van der Waals surface area contributed by atoms with Crippen molar-refractivity contribution in [1.82, 2.24) is 4.98 Å². The Morgan fingerprint density at radius 2 is 2.19 bits per heavy atom. The van der Waals surface area contributed by atoms with Gasteiger partial charge in [0.1, 0.15) is 0 Å². The van der Waals surface area contributed by atoms with Crippen LogP contribution in [-0.2, 0) is 0 Å². The number of amides is 2. The first-order valence-corrected chi connectivity index (χ1v) is 5.07. The minimum Gasteiger partial charge on any atom is -0.361 e. The van der Waals surface area contributed by atoms with E-state index in [9.17, 15) is 4.79 Å². The molecule has 0 aliphatic rings. The second-order valence-electron chi connectivity index (χ2n) is 3.49. The van der Waals surface area contributed by atoms with Gasteiger partial charge in [0.2, 0.25) is 0 Å². The lowest BCUT2D eigenvalue weighted by atomic mass is 10.2. The first-order chi connectivity index (χ1) is 7.74. The molecule has 0 spiro atoms. The van der Waals surface area contributed by atoms with Crippen molar-refractivity contribution in [3.63, 3.8) is 0 Å². The number of anilines is 1. The molecule has 0 saturated heterocycles. The molecule has 0 atom stereocenters. The monoisotopic (exact) mass is 218 g/mol. The van der Waals surface area contributed by atoms with Gasteiger partial charge in [-0.1, -0.05) is 6.07 Å². The van der Waals surface area contributed by atoms with Gasteiger partial charge in [-0.3, -0.25) is 4.90 Å². The molecule has 0 aliphatic heterocycles. The van der Waals surface area contributed by atoms with E-state index in [0.29, 0.717) is 13.1 Å². The Hall–Kier alpha value is -2.01. The standard InChI is InChI=1S/C11H14N4O/c12-5-7-15(11(13)16)10-3-1-2-9-8(10)4-6-14-9/h1-4,6,14H,5,7,12H2,(H2,13,16). The lowest BCUT2D eigenvalue weighted by Gasteiger charge is -2.20. The molecule has 1 heterocycles. The number of nitrogens with one attached hydrogen (secondary N) is 1. The zero-order chi connectivity index (χ0) is 11.5. The van der Waals surface area contributed by atoms with Crippen LogP contribution in [0.3, 0.4) is 0 Å². The zero-order valence-electron chi connectivity index (χ0n) is 8.81. The van der Waals surface area contributed by atoms with Crippen molar-refractivity contribution >= 4 is 22.6 Å². The van der Waals surface area contributed by atoms with Gasteiger partial charge in [0, 0.05) is 30.2 Å². The SMILES string of the molecule is NCCN(C(N)=O)c1cccc2[nH]ccc12. The van der Waals surface area contributed by atoms with Crippen LogP contribution >= 0.6 is 0 Å². The second-order valence-corrected chi connectivity index (χ2v) is 3.49. The molecule has 84 valence electrons. The third-order valence-electron chi connectivity index (χ3n) is 2.48.